The highest BCUT2D eigenvalue weighted by atomic mass is 35.5. The molecule has 0 atom stereocenters. The van der Waals surface area contributed by atoms with Gasteiger partial charge in [-0.25, -0.2) is 4.98 Å². The molecule has 6 rings (SSSR count). The van der Waals surface area contributed by atoms with Gasteiger partial charge in [-0.05, 0) is 68.8 Å². The van der Waals surface area contributed by atoms with E-state index in [4.69, 9.17) is 11.6 Å². The topological polar surface area (TPSA) is 97.1 Å². The van der Waals surface area contributed by atoms with Crippen LogP contribution < -0.4 is 10.6 Å². The van der Waals surface area contributed by atoms with Gasteiger partial charge < -0.3 is 20.1 Å². The van der Waals surface area contributed by atoms with Crippen molar-refractivity contribution >= 4 is 29.1 Å². The Morgan fingerprint density at radius 1 is 1.10 bits per heavy atom. The molecule has 2 amide bonds. The van der Waals surface area contributed by atoms with E-state index in [9.17, 15) is 22.8 Å². The molecule has 13 heteroatoms. The van der Waals surface area contributed by atoms with E-state index in [0.717, 1.165) is 38.8 Å². The van der Waals surface area contributed by atoms with Gasteiger partial charge in [0.15, 0.2) is 11.5 Å². The van der Waals surface area contributed by atoms with Crippen molar-refractivity contribution in [2.45, 2.75) is 37.9 Å². The zero-order valence-electron chi connectivity index (χ0n) is 21.8. The first-order valence-corrected chi connectivity index (χ1v) is 13.8. The third kappa shape index (κ3) is 5.10. The summed E-state index contributed by atoms with van der Waals surface area (Å²) in [6.07, 6.45) is 1.45. The number of alkyl halides is 3. The van der Waals surface area contributed by atoms with E-state index in [0.29, 0.717) is 36.2 Å². The number of carbonyl (C=O) groups is 2. The standard InChI is InChI=1S/C27H29ClF3N7O2/c1-36-22(20-14-38(18-3-4-18)35-23(20)27(29,30)31)13-33-24(36)25(39)34-17-2-5-19(21(28)10-17)26(40)37-8-6-15(7-9-37)16-11-32-12-16/h2,5,10,13-16,18,32H,3-4,6-9,11-12H2,1H3,(H,34,39). The molecule has 1 aromatic carbocycles. The average molecular weight is 576 g/mol. The number of halogens is 4. The van der Waals surface area contributed by atoms with Crippen molar-refractivity contribution in [2.75, 3.05) is 31.5 Å². The van der Waals surface area contributed by atoms with Crippen LogP contribution in [0, 0.1) is 11.8 Å². The highest BCUT2D eigenvalue weighted by molar-refractivity contribution is 6.34. The van der Waals surface area contributed by atoms with E-state index in [-0.39, 0.29) is 34.1 Å². The fourth-order valence-corrected chi connectivity index (χ4v) is 5.79. The second-order valence-corrected chi connectivity index (χ2v) is 11.2. The normalized spacial score (nSPS) is 18.6. The maximum Gasteiger partial charge on any atom is 0.435 e. The zero-order chi connectivity index (χ0) is 28.2. The average Bonchev–Trinajstić information content (AvgIpc) is 3.50. The number of nitrogens with one attached hydrogen (secondary N) is 2. The first-order valence-electron chi connectivity index (χ1n) is 13.4. The molecule has 9 nitrogen and oxygen atoms in total. The molecule has 2 aliphatic heterocycles. The molecule has 1 aliphatic carbocycles. The summed E-state index contributed by atoms with van der Waals surface area (Å²) in [6.45, 7) is 3.48. The van der Waals surface area contributed by atoms with Crippen molar-refractivity contribution in [1.29, 1.82) is 0 Å². The monoisotopic (exact) mass is 575 g/mol. The minimum atomic E-state index is -4.65. The molecule has 3 fully saturated rings. The van der Waals surface area contributed by atoms with Crippen molar-refractivity contribution in [3.8, 4) is 11.3 Å². The Labute approximate surface area is 233 Å². The Bertz CT molecular complexity index is 1450. The first kappa shape index (κ1) is 26.8. The summed E-state index contributed by atoms with van der Waals surface area (Å²) in [6, 6.07) is 4.61. The van der Waals surface area contributed by atoms with Gasteiger partial charge in [0.2, 0.25) is 0 Å². The maximum absolute atomic E-state index is 13.7. The van der Waals surface area contributed by atoms with Gasteiger partial charge in [-0.2, -0.15) is 18.3 Å². The van der Waals surface area contributed by atoms with Crippen LogP contribution >= 0.6 is 11.6 Å². The molecule has 4 heterocycles. The van der Waals surface area contributed by atoms with Crippen molar-refractivity contribution in [3.63, 3.8) is 0 Å². The molecule has 40 heavy (non-hydrogen) atoms. The number of likely N-dealkylation sites (tertiary alicyclic amines) is 1. The SMILES string of the molecule is Cn1c(-c2cn(C3CC3)nc2C(F)(F)F)cnc1C(=O)Nc1ccc(C(=O)N2CCC(C3CNC3)CC2)c(Cl)c1. The molecule has 1 saturated carbocycles. The number of aromatic nitrogens is 4. The number of piperidine rings is 1. The number of hydrogen-bond acceptors (Lipinski definition) is 5. The van der Waals surface area contributed by atoms with Crippen LogP contribution in [-0.4, -0.2) is 62.2 Å². The molecule has 0 bridgehead atoms. The van der Waals surface area contributed by atoms with Crippen molar-refractivity contribution < 1.29 is 22.8 Å². The van der Waals surface area contributed by atoms with E-state index in [1.807, 2.05) is 4.90 Å². The van der Waals surface area contributed by atoms with E-state index in [1.54, 1.807) is 12.1 Å². The molecule has 2 N–H and O–H groups in total. The van der Waals surface area contributed by atoms with Crippen LogP contribution in [0.1, 0.15) is 58.4 Å². The number of imidazole rings is 1. The first-order chi connectivity index (χ1) is 19.1. The number of rotatable bonds is 6. The van der Waals surface area contributed by atoms with Crippen LogP contribution in [0.2, 0.25) is 5.02 Å². The Morgan fingerprint density at radius 2 is 1.82 bits per heavy atom. The van der Waals surface area contributed by atoms with Crippen molar-refractivity contribution in [2.24, 2.45) is 18.9 Å². The number of nitrogens with zero attached hydrogens (tertiary/aromatic N) is 5. The Balaban J connectivity index is 1.15. The highest BCUT2D eigenvalue weighted by Gasteiger charge is 2.40. The van der Waals surface area contributed by atoms with Crippen LogP contribution in [0.25, 0.3) is 11.3 Å². The zero-order valence-corrected chi connectivity index (χ0v) is 22.6. The molecule has 3 aliphatic rings. The third-order valence-corrected chi connectivity index (χ3v) is 8.47. The Kier molecular flexibility index (Phi) is 6.86. The number of anilines is 1. The van der Waals surface area contributed by atoms with Gasteiger partial charge in [-0.15, -0.1) is 0 Å². The second-order valence-electron chi connectivity index (χ2n) is 10.8. The largest absolute Gasteiger partial charge is 0.435 e. The van der Waals surface area contributed by atoms with E-state index in [1.165, 1.54) is 34.8 Å². The summed E-state index contributed by atoms with van der Waals surface area (Å²) in [5, 5.41) is 9.96. The van der Waals surface area contributed by atoms with Crippen LogP contribution in [0.4, 0.5) is 18.9 Å². The summed E-state index contributed by atoms with van der Waals surface area (Å²) in [4.78, 5) is 32.0. The summed E-state index contributed by atoms with van der Waals surface area (Å²) >= 11 is 6.45. The lowest BCUT2D eigenvalue weighted by atomic mass is 9.81. The van der Waals surface area contributed by atoms with Crippen LogP contribution in [0.5, 0.6) is 0 Å². The molecule has 0 spiro atoms. The number of carbonyl (C=O) groups excluding carboxylic acids is 2. The molecular weight excluding hydrogens is 547 g/mol. The maximum atomic E-state index is 13.7. The van der Waals surface area contributed by atoms with E-state index >= 15 is 0 Å². The van der Waals surface area contributed by atoms with Gasteiger partial charge in [0.05, 0.1) is 34.1 Å². The van der Waals surface area contributed by atoms with Crippen LogP contribution in [0.3, 0.4) is 0 Å². The van der Waals surface area contributed by atoms with Gasteiger partial charge in [-0.1, -0.05) is 11.6 Å². The molecule has 212 valence electrons. The predicted octanol–water partition coefficient (Wildman–Crippen LogP) is 4.61. The summed E-state index contributed by atoms with van der Waals surface area (Å²) in [5.74, 6) is 0.488. The lowest BCUT2D eigenvalue weighted by molar-refractivity contribution is -0.141. The fourth-order valence-electron chi connectivity index (χ4n) is 5.53. The van der Waals surface area contributed by atoms with Crippen molar-refractivity contribution in [1.82, 2.24) is 29.5 Å². The number of hydrogen-bond donors (Lipinski definition) is 2. The smallest absolute Gasteiger partial charge is 0.339 e. The van der Waals surface area contributed by atoms with E-state index in [2.05, 4.69) is 20.7 Å². The van der Waals surface area contributed by atoms with Crippen LogP contribution in [-0.2, 0) is 13.2 Å². The Morgan fingerprint density at radius 3 is 2.42 bits per heavy atom. The van der Waals surface area contributed by atoms with Gasteiger partial charge in [-0.3, -0.25) is 14.3 Å². The van der Waals surface area contributed by atoms with Gasteiger partial charge in [0.1, 0.15) is 0 Å². The molecule has 0 radical (unpaired) electrons. The molecular formula is C27H29ClF3N7O2. The second kappa shape index (κ2) is 10.2. The summed E-state index contributed by atoms with van der Waals surface area (Å²) in [5.41, 5.74) is -0.320. The number of benzene rings is 1. The van der Waals surface area contributed by atoms with E-state index < -0.39 is 17.8 Å². The molecule has 3 aromatic rings. The molecule has 2 saturated heterocycles. The van der Waals surface area contributed by atoms with Gasteiger partial charge >= 0.3 is 6.18 Å². The summed E-state index contributed by atoms with van der Waals surface area (Å²) in [7, 11) is 1.48. The lowest BCUT2D eigenvalue weighted by Crippen LogP contribution is -2.49. The van der Waals surface area contributed by atoms with Gasteiger partial charge in [0, 0.05) is 32.0 Å². The fraction of sp³-hybridized carbons (Fsp3) is 0.481. The van der Waals surface area contributed by atoms with Gasteiger partial charge in [0.25, 0.3) is 11.8 Å². The lowest BCUT2D eigenvalue weighted by Gasteiger charge is -2.40. The molecule has 2 aromatic heterocycles. The quantitative estimate of drug-likeness (QED) is 0.447. The molecule has 0 unspecified atom stereocenters. The predicted molar refractivity (Wildman–Crippen MR) is 142 cm³/mol. The number of amides is 2. The highest BCUT2D eigenvalue weighted by Crippen LogP contribution is 2.41. The minimum Gasteiger partial charge on any atom is -0.339 e. The van der Waals surface area contributed by atoms with Crippen molar-refractivity contribution in [3.05, 3.63) is 52.7 Å². The summed E-state index contributed by atoms with van der Waals surface area (Å²) < 4.78 is 43.7. The third-order valence-electron chi connectivity index (χ3n) is 8.15. The Hall–Kier alpha value is -3.38. The minimum absolute atomic E-state index is 0.0397. The van der Waals surface area contributed by atoms with Crippen LogP contribution in [0.15, 0.2) is 30.6 Å².